The van der Waals surface area contributed by atoms with E-state index in [0.717, 1.165) is 6.07 Å². The lowest BCUT2D eigenvalue weighted by Gasteiger charge is -2.25. The number of hydrogen-bond donors (Lipinski definition) is 2. The zero-order valence-corrected chi connectivity index (χ0v) is 20.0. The Bertz CT molecular complexity index is 1180. The van der Waals surface area contributed by atoms with Crippen LogP contribution in [0.1, 0.15) is 72.8 Å². The van der Waals surface area contributed by atoms with Gasteiger partial charge in [-0.2, -0.15) is 0 Å². The third kappa shape index (κ3) is 5.13. The lowest BCUT2D eigenvalue weighted by molar-refractivity contribution is -0.132. The molecular formula is C24H26F3N5O4. The summed E-state index contributed by atoms with van der Waals surface area (Å²) in [5, 5.41) is 5.76. The fourth-order valence-electron chi connectivity index (χ4n) is 4.05. The van der Waals surface area contributed by atoms with Crippen LogP contribution < -0.4 is 10.6 Å². The third-order valence-electron chi connectivity index (χ3n) is 6.07. The number of benzene rings is 1. The number of nitrogens with one attached hydrogen (secondary N) is 2. The summed E-state index contributed by atoms with van der Waals surface area (Å²) >= 11 is 0. The molecule has 2 N–H and O–H groups in total. The molecule has 1 aliphatic carbocycles. The Labute approximate surface area is 206 Å². The highest BCUT2D eigenvalue weighted by atomic mass is 19.3. The molecule has 4 rings (SSSR count). The number of amides is 1. The Morgan fingerprint density at radius 3 is 2.50 bits per heavy atom. The van der Waals surface area contributed by atoms with E-state index in [1.165, 1.54) is 19.2 Å². The van der Waals surface area contributed by atoms with Crippen molar-refractivity contribution in [2.45, 2.75) is 57.2 Å². The number of alkyl halides is 2. The highest BCUT2D eigenvalue weighted by Crippen LogP contribution is 2.40. The van der Waals surface area contributed by atoms with Crippen molar-refractivity contribution in [3.05, 3.63) is 63.6 Å². The molecule has 2 heterocycles. The molecule has 12 heteroatoms. The summed E-state index contributed by atoms with van der Waals surface area (Å²) in [5.74, 6) is -1.13. The summed E-state index contributed by atoms with van der Waals surface area (Å²) in [6.45, 7) is 11.1. The van der Waals surface area contributed by atoms with Crippen LogP contribution in [0.15, 0.2) is 18.2 Å². The predicted octanol–water partition coefficient (Wildman–Crippen LogP) is 4.29. The van der Waals surface area contributed by atoms with E-state index in [2.05, 4.69) is 25.4 Å². The minimum Gasteiger partial charge on any atom is -0.365 e. The van der Waals surface area contributed by atoms with Gasteiger partial charge in [0, 0.05) is 12.7 Å². The molecular weight excluding hydrogens is 479 g/mol. The van der Waals surface area contributed by atoms with Crippen LogP contribution in [0.25, 0.3) is 4.85 Å². The van der Waals surface area contributed by atoms with Crippen LogP contribution >= 0.6 is 0 Å². The summed E-state index contributed by atoms with van der Waals surface area (Å²) in [6.07, 6.45) is -4.06. The molecule has 0 spiro atoms. The molecule has 1 saturated carbocycles. The van der Waals surface area contributed by atoms with E-state index in [0.29, 0.717) is 12.8 Å². The van der Waals surface area contributed by atoms with Gasteiger partial charge in [-0.25, -0.2) is 29.7 Å². The zero-order valence-electron chi connectivity index (χ0n) is 20.0. The molecule has 0 radical (unpaired) electrons. The number of halogens is 3. The van der Waals surface area contributed by atoms with Gasteiger partial charge >= 0.3 is 5.66 Å². The van der Waals surface area contributed by atoms with Gasteiger partial charge in [-0.15, -0.1) is 0 Å². The zero-order chi connectivity index (χ0) is 26.0. The number of nitrogens with zero attached hydrogens (tertiary/aromatic N) is 3. The van der Waals surface area contributed by atoms with Crippen LogP contribution in [-0.2, 0) is 19.0 Å². The second-order valence-corrected chi connectivity index (χ2v) is 8.66. The van der Waals surface area contributed by atoms with Gasteiger partial charge in [-0.1, -0.05) is 18.2 Å². The predicted molar refractivity (Wildman–Crippen MR) is 121 cm³/mol. The van der Waals surface area contributed by atoms with Gasteiger partial charge in [-0.3, -0.25) is 15.0 Å². The van der Waals surface area contributed by atoms with E-state index in [1.807, 2.05) is 0 Å². The second-order valence-electron chi connectivity index (χ2n) is 8.66. The minimum absolute atomic E-state index is 0.0126. The maximum Gasteiger partial charge on any atom is 0.308 e. The summed E-state index contributed by atoms with van der Waals surface area (Å²) in [5.41, 5.74) is -1.21. The lowest BCUT2D eigenvalue weighted by Crippen LogP contribution is -2.39. The molecule has 192 valence electrons. The normalized spacial score (nSPS) is 18.5. The third-order valence-corrected chi connectivity index (χ3v) is 6.07. The Morgan fingerprint density at radius 1 is 1.25 bits per heavy atom. The van der Waals surface area contributed by atoms with Crippen molar-refractivity contribution in [1.29, 1.82) is 0 Å². The number of carbonyl (C=O) groups is 1. The lowest BCUT2D eigenvalue weighted by atomic mass is 10.0. The van der Waals surface area contributed by atoms with Gasteiger partial charge in [0.15, 0.2) is 12.4 Å². The van der Waals surface area contributed by atoms with E-state index in [-0.39, 0.29) is 41.7 Å². The molecule has 2 atom stereocenters. The van der Waals surface area contributed by atoms with Gasteiger partial charge in [-0.05, 0) is 13.8 Å². The first-order valence-electron chi connectivity index (χ1n) is 11.4. The number of rotatable bonds is 9. The minimum atomic E-state index is -2.97. The monoisotopic (exact) mass is 505 g/mol. The van der Waals surface area contributed by atoms with Gasteiger partial charge in [0.1, 0.15) is 17.5 Å². The molecule has 0 bridgehead atoms. The van der Waals surface area contributed by atoms with Crippen molar-refractivity contribution in [3.63, 3.8) is 0 Å². The summed E-state index contributed by atoms with van der Waals surface area (Å²) in [6, 6.07) is 3.00. The second kappa shape index (κ2) is 10.4. The Morgan fingerprint density at radius 2 is 1.92 bits per heavy atom. The van der Waals surface area contributed by atoms with Crippen molar-refractivity contribution >= 4 is 11.7 Å². The maximum absolute atomic E-state index is 14.8. The summed E-state index contributed by atoms with van der Waals surface area (Å²) < 4.78 is 58.2. The number of aryl methyl sites for hydroxylation is 1. The van der Waals surface area contributed by atoms with Crippen molar-refractivity contribution < 1.29 is 32.2 Å². The SMILES string of the molecule is [C-]#[N+]C1(NC(=O)C(OC)c2nc(C)nc(N[C@H](C)c3cccc(C(F)F)c3F)c2C2OCCO2)CC1. The number of ether oxygens (including phenoxy) is 3. The van der Waals surface area contributed by atoms with E-state index in [1.54, 1.807) is 13.8 Å². The molecule has 2 fully saturated rings. The highest BCUT2D eigenvalue weighted by molar-refractivity contribution is 5.84. The van der Waals surface area contributed by atoms with Gasteiger partial charge < -0.3 is 19.5 Å². The molecule has 1 aromatic carbocycles. The Balaban J connectivity index is 1.74. The van der Waals surface area contributed by atoms with E-state index < -0.39 is 47.8 Å². The van der Waals surface area contributed by atoms with Gasteiger partial charge in [0.2, 0.25) is 0 Å². The molecule has 36 heavy (non-hydrogen) atoms. The molecule has 1 saturated heterocycles. The fourth-order valence-corrected chi connectivity index (χ4v) is 4.05. The molecule has 1 amide bonds. The van der Waals surface area contributed by atoms with Crippen molar-refractivity contribution in [1.82, 2.24) is 15.3 Å². The molecule has 1 aromatic heterocycles. The van der Waals surface area contributed by atoms with Crippen molar-refractivity contribution in [2.24, 2.45) is 0 Å². The quantitative estimate of drug-likeness (QED) is 0.491. The molecule has 2 aromatic rings. The molecule has 1 unspecified atom stereocenters. The van der Waals surface area contributed by atoms with Crippen LogP contribution in [0, 0.1) is 19.3 Å². The first-order valence-corrected chi connectivity index (χ1v) is 11.4. The molecule has 1 aliphatic heterocycles. The van der Waals surface area contributed by atoms with Crippen molar-refractivity contribution in [2.75, 3.05) is 25.6 Å². The number of hydrogen-bond acceptors (Lipinski definition) is 7. The Hall–Kier alpha value is -3.27. The molecule has 9 nitrogen and oxygen atoms in total. The fraction of sp³-hybridized carbons (Fsp3) is 0.500. The molecule has 2 aliphatic rings. The number of aromatic nitrogens is 2. The first kappa shape index (κ1) is 25.8. The van der Waals surface area contributed by atoms with Gasteiger partial charge in [0.25, 0.3) is 12.3 Å². The van der Waals surface area contributed by atoms with Crippen LogP contribution in [0.3, 0.4) is 0 Å². The van der Waals surface area contributed by atoms with Crippen LogP contribution in [-0.4, -0.2) is 41.9 Å². The van der Waals surface area contributed by atoms with Crippen molar-refractivity contribution in [3.8, 4) is 0 Å². The smallest absolute Gasteiger partial charge is 0.308 e. The first-order chi connectivity index (χ1) is 17.2. The topological polar surface area (TPSA) is 99.0 Å². The summed E-state index contributed by atoms with van der Waals surface area (Å²) in [4.78, 5) is 25.5. The van der Waals surface area contributed by atoms with Crippen LogP contribution in [0.5, 0.6) is 0 Å². The maximum atomic E-state index is 14.8. The standard InChI is InChI=1S/C24H26F3N5O4/c1-12(14-6-5-7-15(17(14)25)20(26)27)29-21-16(23-35-10-11-36-23)18(30-13(2)31-21)19(34-4)22(33)32-24(28-3)8-9-24/h5-7,12,19-20,23H,8-11H2,1-2,4H3,(H,32,33)(H,29,30,31)/t12-,19?/m1/s1. The number of methoxy groups -OCH3 is 1. The van der Waals surface area contributed by atoms with Crippen LogP contribution in [0.2, 0.25) is 0 Å². The van der Waals surface area contributed by atoms with Gasteiger partial charge in [0.05, 0.1) is 48.9 Å². The largest absolute Gasteiger partial charge is 0.365 e. The summed E-state index contributed by atoms with van der Waals surface area (Å²) in [7, 11) is 1.33. The van der Waals surface area contributed by atoms with E-state index >= 15 is 0 Å². The van der Waals surface area contributed by atoms with Crippen LogP contribution in [0.4, 0.5) is 19.0 Å². The number of carbonyl (C=O) groups excluding carboxylic acids is 1. The average molecular weight is 505 g/mol. The average Bonchev–Trinajstić information content (AvgIpc) is 3.39. The van der Waals surface area contributed by atoms with E-state index in [9.17, 15) is 18.0 Å². The highest BCUT2D eigenvalue weighted by Gasteiger charge is 2.53. The van der Waals surface area contributed by atoms with E-state index in [4.69, 9.17) is 20.8 Å². The Kier molecular flexibility index (Phi) is 7.44. The number of anilines is 1.